The molecule has 0 spiro atoms. The molecule has 0 N–H and O–H groups in total. The van der Waals surface area contributed by atoms with Crippen molar-refractivity contribution in [3.8, 4) is 11.4 Å². The van der Waals surface area contributed by atoms with Crippen LogP contribution in [0.2, 0.25) is 5.15 Å². The van der Waals surface area contributed by atoms with E-state index in [0.29, 0.717) is 5.69 Å². The smallest absolute Gasteiger partial charge is 0.359 e. The van der Waals surface area contributed by atoms with Gasteiger partial charge >= 0.3 is 5.97 Å². The van der Waals surface area contributed by atoms with Crippen molar-refractivity contribution in [2.45, 2.75) is 6.92 Å². The molecule has 7 heteroatoms. The summed E-state index contributed by atoms with van der Waals surface area (Å²) in [6, 6.07) is 1.85. The summed E-state index contributed by atoms with van der Waals surface area (Å²) < 4.78 is 6.26. The highest BCUT2D eigenvalue weighted by Gasteiger charge is 2.17. The van der Waals surface area contributed by atoms with E-state index < -0.39 is 5.97 Å². The topological polar surface area (TPSA) is 69.9 Å². The second kappa shape index (κ2) is 4.73. The van der Waals surface area contributed by atoms with E-state index in [-0.39, 0.29) is 10.8 Å². The van der Waals surface area contributed by atoms with Crippen molar-refractivity contribution in [3.63, 3.8) is 0 Å². The molecule has 0 aromatic carbocycles. The fourth-order valence-corrected chi connectivity index (χ4v) is 1.74. The number of aryl methyl sites for hydroxylation is 2. The third-order valence-electron chi connectivity index (χ3n) is 2.37. The Bertz CT molecular complexity index is 609. The molecule has 94 valence electrons. The van der Waals surface area contributed by atoms with E-state index in [1.165, 1.54) is 13.3 Å². The van der Waals surface area contributed by atoms with E-state index in [0.717, 1.165) is 11.4 Å². The molecule has 0 saturated heterocycles. The molecule has 2 aromatic rings. The van der Waals surface area contributed by atoms with Crippen LogP contribution in [0.25, 0.3) is 11.4 Å². The Hall–Kier alpha value is -1.95. The fraction of sp³-hybridized carbons (Fsp3) is 0.273. The van der Waals surface area contributed by atoms with Gasteiger partial charge in [-0.1, -0.05) is 11.6 Å². The van der Waals surface area contributed by atoms with E-state index >= 15 is 0 Å². The van der Waals surface area contributed by atoms with Crippen LogP contribution in [-0.4, -0.2) is 32.8 Å². The SMILES string of the molecule is COC(=O)c1nc(-c2cc(C)nn2C)cnc1Cl. The average molecular weight is 267 g/mol. The molecule has 6 nitrogen and oxygen atoms in total. The summed E-state index contributed by atoms with van der Waals surface area (Å²) in [5.74, 6) is -0.617. The summed E-state index contributed by atoms with van der Waals surface area (Å²) >= 11 is 5.81. The molecule has 0 aliphatic rings. The van der Waals surface area contributed by atoms with Gasteiger partial charge in [-0.05, 0) is 13.0 Å². The molecule has 0 saturated carbocycles. The zero-order chi connectivity index (χ0) is 13.3. The van der Waals surface area contributed by atoms with Gasteiger partial charge in [0.2, 0.25) is 0 Å². The third-order valence-corrected chi connectivity index (χ3v) is 2.65. The number of carbonyl (C=O) groups excluding carboxylic acids is 1. The molecule has 0 aliphatic carbocycles. The Labute approximate surface area is 109 Å². The largest absolute Gasteiger partial charge is 0.464 e. The number of aromatic nitrogens is 4. The molecule has 0 amide bonds. The Kier molecular flexibility index (Phi) is 3.29. The minimum atomic E-state index is -0.617. The van der Waals surface area contributed by atoms with Crippen LogP contribution in [0, 0.1) is 6.92 Å². The van der Waals surface area contributed by atoms with Crippen molar-refractivity contribution in [1.29, 1.82) is 0 Å². The first-order valence-electron chi connectivity index (χ1n) is 5.14. The molecular weight excluding hydrogens is 256 g/mol. The predicted octanol–water partition coefficient (Wildman–Crippen LogP) is 1.63. The summed E-state index contributed by atoms with van der Waals surface area (Å²) in [6.07, 6.45) is 1.49. The number of nitrogens with zero attached hydrogens (tertiary/aromatic N) is 4. The Balaban J connectivity index is 2.53. The molecule has 0 aliphatic heterocycles. The first-order chi connectivity index (χ1) is 8.52. The van der Waals surface area contributed by atoms with Gasteiger partial charge in [0.1, 0.15) is 5.69 Å². The fourth-order valence-electron chi connectivity index (χ4n) is 1.57. The highest BCUT2D eigenvalue weighted by Crippen LogP contribution is 2.20. The minimum absolute atomic E-state index is 0.00415. The summed E-state index contributed by atoms with van der Waals surface area (Å²) in [5.41, 5.74) is 2.11. The van der Waals surface area contributed by atoms with Crippen molar-refractivity contribution in [2.75, 3.05) is 7.11 Å². The van der Waals surface area contributed by atoms with E-state index in [2.05, 4.69) is 19.8 Å². The van der Waals surface area contributed by atoms with Crippen LogP contribution >= 0.6 is 11.6 Å². The number of hydrogen-bond donors (Lipinski definition) is 0. The minimum Gasteiger partial charge on any atom is -0.464 e. The van der Waals surface area contributed by atoms with Crippen LogP contribution in [-0.2, 0) is 11.8 Å². The zero-order valence-electron chi connectivity index (χ0n) is 10.1. The average Bonchev–Trinajstić information content (AvgIpc) is 2.68. The van der Waals surface area contributed by atoms with Gasteiger partial charge in [-0.2, -0.15) is 5.10 Å². The van der Waals surface area contributed by atoms with Gasteiger partial charge in [-0.3, -0.25) is 4.68 Å². The summed E-state index contributed by atoms with van der Waals surface area (Å²) in [5, 5.41) is 4.22. The lowest BCUT2D eigenvalue weighted by Crippen LogP contribution is -2.08. The molecule has 2 rings (SSSR count). The Morgan fingerprint density at radius 1 is 1.50 bits per heavy atom. The Morgan fingerprint density at radius 3 is 2.78 bits per heavy atom. The zero-order valence-corrected chi connectivity index (χ0v) is 10.9. The lowest BCUT2D eigenvalue weighted by atomic mass is 10.3. The van der Waals surface area contributed by atoms with Crippen LogP contribution in [0.4, 0.5) is 0 Å². The standard InChI is InChI=1S/C11H11ClN4O2/c1-6-4-8(16(2)15-6)7-5-13-10(12)9(14-7)11(17)18-3/h4-5H,1-3H3. The van der Waals surface area contributed by atoms with Crippen LogP contribution in [0.5, 0.6) is 0 Å². The lowest BCUT2D eigenvalue weighted by Gasteiger charge is -2.04. The predicted molar refractivity (Wildman–Crippen MR) is 65.3 cm³/mol. The molecule has 2 aromatic heterocycles. The Morgan fingerprint density at radius 2 is 2.22 bits per heavy atom. The maximum Gasteiger partial charge on any atom is 0.359 e. The normalized spacial score (nSPS) is 10.4. The van der Waals surface area contributed by atoms with Crippen molar-refractivity contribution in [3.05, 3.63) is 28.8 Å². The van der Waals surface area contributed by atoms with Gasteiger partial charge in [0.25, 0.3) is 0 Å². The van der Waals surface area contributed by atoms with Gasteiger partial charge in [-0.15, -0.1) is 0 Å². The number of ether oxygens (including phenoxy) is 1. The van der Waals surface area contributed by atoms with E-state index in [1.54, 1.807) is 11.7 Å². The van der Waals surface area contributed by atoms with Crippen LogP contribution in [0.15, 0.2) is 12.3 Å². The number of hydrogen-bond acceptors (Lipinski definition) is 5. The molecule has 0 bridgehead atoms. The second-order valence-corrected chi connectivity index (χ2v) is 4.04. The van der Waals surface area contributed by atoms with Crippen molar-refractivity contribution >= 4 is 17.6 Å². The number of methoxy groups -OCH3 is 1. The third kappa shape index (κ3) is 2.19. The lowest BCUT2D eigenvalue weighted by molar-refractivity contribution is 0.0594. The molecule has 0 radical (unpaired) electrons. The van der Waals surface area contributed by atoms with Gasteiger partial charge in [0.05, 0.1) is 24.7 Å². The van der Waals surface area contributed by atoms with E-state index in [4.69, 9.17) is 11.6 Å². The van der Waals surface area contributed by atoms with Crippen LogP contribution < -0.4 is 0 Å². The molecule has 18 heavy (non-hydrogen) atoms. The highest BCUT2D eigenvalue weighted by molar-refractivity contribution is 6.32. The number of esters is 1. The molecule has 2 heterocycles. The summed E-state index contributed by atoms with van der Waals surface area (Å²) in [7, 11) is 3.05. The van der Waals surface area contributed by atoms with Crippen LogP contribution in [0.1, 0.15) is 16.2 Å². The molecule has 0 unspecified atom stereocenters. The second-order valence-electron chi connectivity index (χ2n) is 3.68. The first kappa shape index (κ1) is 12.5. The van der Waals surface area contributed by atoms with Gasteiger partial charge in [0.15, 0.2) is 10.8 Å². The van der Waals surface area contributed by atoms with Crippen molar-refractivity contribution in [2.24, 2.45) is 7.05 Å². The number of halogens is 1. The first-order valence-corrected chi connectivity index (χ1v) is 5.52. The highest BCUT2D eigenvalue weighted by atomic mass is 35.5. The summed E-state index contributed by atoms with van der Waals surface area (Å²) in [4.78, 5) is 19.6. The van der Waals surface area contributed by atoms with Crippen LogP contribution in [0.3, 0.4) is 0 Å². The van der Waals surface area contributed by atoms with Crippen molar-refractivity contribution < 1.29 is 9.53 Å². The number of carbonyl (C=O) groups is 1. The maximum absolute atomic E-state index is 11.5. The molecule has 0 atom stereocenters. The summed E-state index contributed by atoms with van der Waals surface area (Å²) in [6.45, 7) is 1.87. The van der Waals surface area contributed by atoms with Gasteiger partial charge < -0.3 is 4.74 Å². The quantitative estimate of drug-likeness (QED) is 0.773. The van der Waals surface area contributed by atoms with Gasteiger partial charge in [-0.25, -0.2) is 14.8 Å². The van der Waals surface area contributed by atoms with Crippen molar-refractivity contribution in [1.82, 2.24) is 19.7 Å². The van der Waals surface area contributed by atoms with Gasteiger partial charge in [0, 0.05) is 7.05 Å². The molecule has 0 fully saturated rings. The van der Waals surface area contributed by atoms with E-state index in [1.807, 2.05) is 13.0 Å². The maximum atomic E-state index is 11.5. The van der Waals surface area contributed by atoms with E-state index in [9.17, 15) is 4.79 Å². The monoisotopic (exact) mass is 266 g/mol. The molecular formula is C11H11ClN4O2. The number of rotatable bonds is 2.